The molecule has 2 heterocycles. The van der Waals surface area contributed by atoms with Crippen LogP contribution in [0.15, 0.2) is 41.0 Å². The predicted octanol–water partition coefficient (Wildman–Crippen LogP) is 2.62. The predicted molar refractivity (Wildman–Crippen MR) is 97.6 cm³/mol. The third-order valence-electron chi connectivity index (χ3n) is 2.93. The number of thioether (sulfide) groups is 1. The van der Waals surface area contributed by atoms with E-state index in [-0.39, 0.29) is 17.6 Å². The van der Waals surface area contributed by atoms with E-state index in [9.17, 15) is 9.59 Å². The van der Waals surface area contributed by atoms with Gasteiger partial charge in [-0.1, -0.05) is 23.9 Å². The maximum atomic E-state index is 11.8. The summed E-state index contributed by atoms with van der Waals surface area (Å²) in [6.45, 7) is 1.45. The fourth-order valence-corrected chi connectivity index (χ4v) is 3.10. The number of nitrogens with zero attached hydrogens (tertiary/aromatic N) is 3. The minimum Gasteiger partial charge on any atom is -0.326 e. The van der Waals surface area contributed by atoms with Gasteiger partial charge in [0.25, 0.3) is 0 Å². The summed E-state index contributed by atoms with van der Waals surface area (Å²) in [6, 6.07) is 7.26. The van der Waals surface area contributed by atoms with Crippen LogP contribution < -0.4 is 10.6 Å². The highest BCUT2D eigenvalue weighted by Crippen LogP contribution is 2.22. The van der Waals surface area contributed by atoms with Crippen LogP contribution in [-0.4, -0.2) is 37.7 Å². The number of hydrogen-bond acceptors (Lipinski definition) is 7. The molecule has 2 aromatic heterocycles. The summed E-state index contributed by atoms with van der Waals surface area (Å²) in [7, 11) is 0. The molecule has 25 heavy (non-hydrogen) atoms. The number of aromatic amines is 1. The van der Waals surface area contributed by atoms with Gasteiger partial charge >= 0.3 is 0 Å². The first-order valence-corrected chi connectivity index (χ1v) is 9.09. The van der Waals surface area contributed by atoms with E-state index in [0.717, 1.165) is 5.56 Å². The zero-order valence-corrected chi connectivity index (χ0v) is 14.8. The third-order valence-corrected chi connectivity index (χ3v) is 4.47. The molecule has 0 spiro atoms. The zero-order valence-electron chi connectivity index (χ0n) is 13.1. The molecular formula is C15H14N6O2S2. The van der Waals surface area contributed by atoms with E-state index in [0.29, 0.717) is 21.8 Å². The topological polar surface area (TPSA) is 113 Å². The van der Waals surface area contributed by atoms with E-state index in [1.165, 1.54) is 30.0 Å². The smallest absolute Gasteiger partial charge is 0.236 e. The van der Waals surface area contributed by atoms with E-state index >= 15 is 0 Å². The van der Waals surface area contributed by atoms with E-state index < -0.39 is 0 Å². The molecule has 3 N–H and O–H groups in total. The van der Waals surface area contributed by atoms with Gasteiger partial charge in [0.05, 0.1) is 5.75 Å². The number of amides is 2. The van der Waals surface area contributed by atoms with Crippen LogP contribution in [-0.2, 0) is 9.59 Å². The molecule has 0 radical (unpaired) electrons. The van der Waals surface area contributed by atoms with Crippen LogP contribution in [0, 0.1) is 0 Å². The molecule has 0 aliphatic rings. The van der Waals surface area contributed by atoms with Crippen LogP contribution in [0.25, 0.3) is 11.4 Å². The minimum absolute atomic E-state index is 0.141. The van der Waals surface area contributed by atoms with Gasteiger partial charge in [0, 0.05) is 29.8 Å². The second-order valence-corrected chi connectivity index (χ2v) is 6.74. The van der Waals surface area contributed by atoms with Crippen LogP contribution in [0.4, 0.5) is 10.8 Å². The van der Waals surface area contributed by atoms with Crippen LogP contribution in [0.2, 0.25) is 0 Å². The van der Waals surface area contributed by atoms with Gasteiger partial charge in [0.1, 0.15) is 0 Å². The van der Waals surface area contributed by atoms with Crippen LogP contribution in [0.1, 0.15) is 6.92 Å². The Hall–Kier alpha value is -2.72. The Morgan fingerprint density at radius 2 is 2.20 bits per heavy atom. The SMILES string of the molecule is CC(=O)Nc1cccc(-c2nc(SCC(=O)Nc3nccs3)n[nH]2)c1. The van der Waals surface area contributed by atoms with E-state index in [2.05, 4.69) is 30.8 Å². The first kappa shape index (κ1) is 17.1. The van der Waals surface area contributed by atoms with Crippen LogP contribution >= 0.6 is 23.1 Å². The number of benzene rings is 1. The van der Waals surface area contributed by atoms with Crippen LogP contribution in [0.3, 0.4) is 0 Å². The Morgan fingerprint density at radius 1 is 1.32 bits per heavy atom. The van der Waals surface area contributed by atoms with Crippen molar-refractivity contribution in [3.8, 4) is 11.4 Å². The number of rotatable bonds is 6. The highest BCUT2D eigenvalue weighted by atomic mass is 32.2. The number of aromatic nitrogens is 4. The number of carbonyl (C=O) groups excluding carboxylic acids is 2. The fraction of sp³-hybridized carbons (Fsp3) is 0.133. The lowest BCUT2D eigenvalue weighted by atomic mass is 10.2. The molecule has 0 aliphatic heterocycles. The zero-order chi connectivity index (χ0) is 17.6. The number of thiazole rings is 1. The monoisotopic (exact) mass is 374 g/mol. The summed E-state index contributed by atoms with van der Waals surface area (Å²) < 4.78 is 0. The molecule has 0 saturated carbocycles. The van der Waals surface area contributed by atoms with Gasteiger partial charge < -0.3 is 10.6 Å². The molecule has 0 saturated heterocycles. The molecule has 0 fully saturated rings. The molecule has 0 unspecified atom stereocenters. The lowest BCUT2D eigenvalue weighted by Gasteiger charge is -2.03. The third kappa shape index (κ3) is 4.88. The maximum absolute atomic E-state index is 11.8. The molecule has 2 amide bonds. The summed E-state index contributed by atoms with van der Waals surface area (Å²) in [6.07, 6.45) is 1.63. The fourth-order valence-electron chi connectivity index (χ4n) is 1.96. The number of carbonyl (C=O) groups is 2. The summed E-state index contributed by atoms with van der Waals surface area (Å²) in [4.78, 5) is 31.3. The summed E-state index contributed by atoms with van der Waals surface area (Å²) in [5.41, 5.74) is 1.47. The quantitative estimate of drug-likeness (QED) is 0.572. The molecule has 3 aromatic rings. The number of H-pyrrole nitrogens is 1. The normalized spacial score (nSPS) is 10.4. The van der Waals surface area contributed by atoms with Gasteiger partial charge in [-0.25, -0.2) is 9.97 Å². The molecule has 3 rings (SSSR count). The maximum Gasteiger partial charge on any atom is 0.236 e. The van der Waals surface area contributed by atoms with Crippen molar-refractivity contribution in [3.63, 3.8) is 0 Å². The van der Waals surface area contributed by atoms with Crippen molar-refractivity contribution in [3.05, 3.63) is 35.8 Å². The van der Waals surface area contributed by atoms with Gasteiger partial charge in [0.15, 0.2) is 11.0 Å². The van der Waals surface area contributed by atoms with Crippen molar-refractivity contribution in [1.82, 2.24) is 20.2 Å². The second-order valence-electron chi connectivity index (χ2n) is 4.90. The van der Waals surface area contributed by atoms with E-state index in [1.807, 2.05) is 12.1 Å². The number of nitrogens with one attached hydrogen (secondary N) is 3. The Bertz CT molecular complexity index is 878. The van der Waals surface area contributed by atoms with Gasteiger partial charge in [-0.15, -0.1) is 16.4 Å². The molecule has 128 valence electrons. The molecule has 10 heteroatoms. The Kier molecular flexibility index (Phi) is 5.41. The molecular weight excluding hydrogens is 360 g/mol. The van der Waals surface area contributed by atoms with Crippen molar-refractivity contribution in [2.75, 3.05) is 16.4 Å². The molecule has 0 bridgehead atoms. The van der Waals surface area contributed by atoms with Crippen molar-refractivity contribution in [1.29, 1.82) is 0 Å². The lowest BCUT2D eigenvalue weighted by Crippen LogP contribution is -2.13. The molecule has 8 nitrogen and oxygen atoms in total. The van der Waals surface area contributed by atoms with Gasteiger partial charge in [-0.05, 0) is 12.1 Å². The largest absolute Gasteiger partial charge is 0.326 e. The van der Waals surface area contributed by atoms with Crippen molar-refractivity contribution in [2.45, 2.75) is 12.1 Å². The molecule has 0 aliphatic carbocycles. The summed E-state index contributed by atoms with van der Waals surface area (Å²) in [5.74, 6) is 0.439. The number of anilines is 2. The number of hydrogen-bond donors (Lipinski definition) is 3. The Balaban J connectivity index is 1.60. The van der Waals surface area contributed by atoms with E-state index in [4.69, 9.17) is 0 Å². The Labute approximate surface area is 151 Å². The molecule has 1 aromatic carbocycles. The second kappa shape index (κ2) is 7.90. The van der Waals surface area contributed by atoms with Crippen molar-refractivity contribution >= 4 is 45.7 Å². The standard InChI is InChI=1S/C15H14N6O2S2/c1-9(22)17-11-4-2-3-10(7-11)13-19-15(21-20-13)25-8-12(23)18-14-16-5-6-24-14/h2-7H,8H2,1H3,(H,17,22)(H,16,18,23)(H,19,20,21). The van der Waals surface area contributed by atoms with Gasteiger partial charge in [0.2, 0.25) is 17.0 Å². The van der Waals surface area contributed by atoms with Crippen molar-refractivity contribution < 1.29 is 9.59 Å². The van der Waals surface area contributed by atoms with Crippen LogP contribution in [0.5, 0.6) is 0 Å². The average molecular weight is 374 g/mol. The molecule has 0 atom stereocenters. The van der Waals surface area contributed by atoms with Gasteiger partial charge in [-0.3, -0.25) is 14.7 Å². The van der Waals surface area contributed by atoms with Gasteiger partial charge in [-0.2, -0.15) is 0 Å². The first-order valence-electron chi connectivity index (χ1n) is 7.23. The lowest BCUT2D eigenvalue weighted by molar-refractivity contribution is -0.114. The Morgan fingerprint density at radius 3 is 2.96 bits per heavy atom. The highest BCUT2D eigenvalue weighted by molar-refractivity contribution is 7.99. The highest BCUT2D eigenvalue weighted by Gasteiger charge is 2.10. The summed E-state index contributed by atoms with van der Waals surface area (Å²) >= 11 is 2.58. The minimum atomic E-state index is -0.168. The first-order chi connectivity index (χ1) is 12.1. The van der Waals surface area contributed by atoms with Crippen molar-refractivity contribution in [2.24, 2.45) is 0 Å². The van der Waals surface area contributed by atoms with E-state index in [1.54, 1.807) is 23.7 Å². The average Bonchev–Trinajstić information content (AvgIpc) is 3.24. The summed E-state index contributed by atoms with van der Waals surface area (Å²) in [5, 5.41) is 15.2.